The molecule has 2 bridgehead atoms. The smallest absolute Gasteiger partial charge is 0.227 e. The van der Waals surface area contributed by atoms with Crippen LogP contribution in [0.4, 0.5) is 22.0 Å². The van der Waals surface area contributed by atoms with Gasteiger partial charge in [-0.25, -0.2) is 22.5 Å². The standard InChI is InChI=1S/C29H44FN7O5S/c1-4-43(38,39)37-20-8-7-9-21(37)16-22(15-20)35(3)29-31-24(18-42-23-11-13-40-17-23)27(30)28(33-29)32-25-14-19(2)36(34-25)26-10-5-6-12-41-26/h14,20-23,26H,4-13,15-18H2,1-3H3,(H,31,32,33,34)/t20-,21+,22-,23-,26?/m0/s1. The highest BCUT2D eigenvalue weighted by molar-refractivity contribution is 7.89. The van der Waals surface area contributed by atoms with Crippen LogP contribution in [0.2, 0.25) is 0 Å². The summed E-state index contributed by atoms with van der Waals surface area (Å²) in [7, 11) is -1.38. The van der Waals surface area contributed by atoms with Gasteiger partial charge < -0.3 is 24.4 Å². The molecule has 5 atom stereocenters. The number of rotatable bonds is 10. The van der Waals surface area contributed by atoms with Crippen LogP contribution in [0.25, 0.3) is 0 Å². The molecule has 0 saturated carbocycles. The predicted octanol–water partition coefficient (Wildman–Crippen LogP) is 4.04. The number of aromatic nitrogens is 4. The molecular formula is C29H44FN7O5S. The maximum absolute atomic E-state index is 15.9. The second kappa shape index (κ2) is 12.9. The molecule has 2 aromatic heterocycles. The Morgan fingerprint density at radius 1 is 1.12 bits per heavy atom. The van der Waals surface area contributed by atoms with Crippen LogP contribution in [0.15, 0.2) is 6.07 Å². The molecule has 2 aromatic rings. The van der Waals surface area contributed by atoms with Crippen LogP contribution in [0.3, 0.4) is 0 Å². The van der Waals surface area contributed by atoms with Crippen LogP contribution in [-0.2, 0) is 30.8 Å². The van der Waals surface area contributed by atoms with Gasteiger partial charge in [-0.1, -0.05) is 6.42 Å². The van der Waals surface area contributed by atoms with Crippen LogP contribution in [0.1, 0.15) is 82.3 Å². The van der Waals surface area contributed by atoms with E-state index in [0.717, 1.165) is 50.6 Å². The molecule has 0 aromatic carbocycles. The molecule has 12 nitrogen and oxygen atoms in total. The van der Waals surface area contributed by atoms with E-state index in [1.165, 1.54) is 0 Å². The van der Waals surface area contributed by atoms with Crippen molar-refractivity contribution in [2.75, 3.05) is 42.8 Å². The fourth-order valence-electron chi connectivity index (χ4n) is 6.93. The summed E-state index contributed by atoms with van der Waals surface area (Å²) < 4.78 is 62.7. The van der Waals surface area contributed by atoms with Crippen LogP contribution >= 0.6 is 0 Å². The van der Waals surface area contributed by atoms with E-state index >= 15 is 4.39 Å². The monoisotopic (exact) mass is 621 g/mol. The molecule has 1 unspecified atom stereocenters. The Hall–Kier alpha value is -2.39. The first-order valence-corrected chi connectivity index (χ1v) is 17.3. The molecular weight excluding hydrogens is 577 g/mol. The fourth-order valence-corrected chi connectivity index (χ4v) is 8.52. The number of nitrogens with one attached hydrogen (secondary N) is 1. The molecule has 14 heteroatoms. The van der Waals surface area contributed by atoms with E-state index in [1.54, 1.807) is 11.2 Å². The van der Waals surface area contributed by atoms with Crippen molar-refractivity contribution in [2.24, 2.45) is 0 Å². The largest absolute Gasteiger partial charge is 0.379 e. The van der Waals surface area contributed by atoms with Gasteiger partial charge >= 0.3 is 0 Å². The molecule has 0 aliphatic carbocycles. The minimum atomic E-state index is -3.29. The Morgan fingerprint density at radius 3 is 2.58 bits per heavy atom. The van der Waals surface area contributed by atoms with Gasteiger partial charge in [0.2, 0.25) is 16.0 Å². The lowest BCUT2D eigenvalue weighted by Gasteiger charge is -2.49. The van der Waals surface area contributed by atoms with Crippen molar-refractivity contribution >= 4 is 27.6 Å². The maximum Gasteiger partial charge on any atom is 0.227 e. The third kappa shape index (κ3) is 6.53. The number of piperidine rings is 2. The molecule has 1 N–H and O–H groups in total. The summed E-state index contributed by atoms with van der Waals surface area (Å²) in [5, 5.41) is 7.79. The van der Waals surface area contributed by atoms with Gasteiger partial charge in [0.15, 0.2) is 23.7 Å². The first-order chi connectivity index (χ1) is 20.7. The first-order valence-electron chi connectivity index (χ1n) is 15.7. The van der Waals surface area contributed by atoms with E-state index in [9.17, 15) is 8.42 Å². The molecule has 43 heavy (non-hydrogen) atoms. The Labute approximate surface area is 253 Å². The van der Waals surface area contributed by atoms with Crippen molar-refractivity contribution in [1.82, 2.24) is 24.1 Å². The summed E-state index contributed by atoms with van der Waals surface area (Å²) in [4.78, 5) is 11.3. The molecule has 4 saturated heterocycles. The lowest BCUT2D eigenvalue weighted by atomic mass is 9.83. The van der Waals surface area contributed by atoms with E-state index in [4.69, 9.17) is 14.2 Å². The average molecular weight is 622 g/mol. The lowest BCUT2D eigenvalue weighted by molar-refractivity contribution is -0.0404. The van der Waals surface area contributed by atoms with Gasteiger partial charge in [0, 0.05) is 50.1 Å². The second-order valence-electron chi connectivity index (χ2n) is 12.2. The Bertz CT molecular complexity index is 1370. The number of anilines is 3. The van der Waals surface area contributed by atoms with Crippen molar-refractivity contribution in [2.45, 2.75) is 109 Å². The van der Waals surface area contributed by atoms with Gasteiger partial charge in [-0.3, -0.25) is 0 Å². The average Bonchev–Trinajstić information content (AvgIpc) is 3.66. The third-order valence-electron chi connectivity index (χ3n) is 9.28. The molecule has 4 aliphatic rings. The number of nitrogens with zero attached hydrogens (tertiary/aromatic N) is 6. The molecule has 0 amide bonds. The number of hydrogen-bond acceptors (Lipinski definition) is 10. The van der Waals surface area contributed by atoms with Crippen molar-refractivity contribution < 1.29 is 27.0 Å². The predicted molar refractivity (Wildman–Crippen MR) is 159 cm³/mol. The van der Waals surface area contributed by atoms with E-state index < -0.39 is 15.8 Å². The zero-order valence-electron chi connectivity index (χ0n) is 25.4. The zero-order valence-corrected chi connectivity index (χ0v) is 26.2. The van der Waals surface area contributed by atoms with Crippen LogP contribution in [0.5, 0.6) is 0 Å². The summed E-state index contributed by atoms with van der Waals surface area (Å²) >= 11 is 0. The number of fused-ring (bicyclic) bond motifs is 2. The SMILES string of the molecule is CCS(=O)(=O)N1[C@@H]2CCC[C@H]1C[C@H](N(C)c1nc(CO[C@H]3CCOC3)c(F)c(Nc3cc(C)n(C4CCCCO4)n3)n1)C2. The summed E-state index contributed by atoms with van der Waals surface area (Å²) in [5.41, 5.74) is 1.07. The van der Waals surface area contributed by atoms with Gasteiger partial charge in [0.25, 0.3) is 0 Å². The fraction of sp³-hybridized carbons (Fsp3) is 0.759. The zero-order chi connectivity index (χ0) is 30.1. The molecule has 0 radical (unpaired) electrons. The first kappa shape index (κ1) is 30.6. The van der Waals surface area contributed by atoms with E-state index in [-0.39, 0.29) is 54.3 Å². The van der Waals surface area contributed by atoms with Crippen LogP contribution < -0.4 is 10.2 Å². The Balaban J connectivity index is 1.27. The van der Waals surface area contributed by atoms with E-state index in [0.29, 0.717) is 44.4 Å². The van der Waals surface area contributed by atoms with E-state index in [2.05, 4.69) is 20.4 Å². The Kier molecular flexibility index (Phi) is 9.20. The molecule has 4 fully saturated rings. The van der Waals surface area contributed by atoms with Gasteiger partial charge in [0.05, 0.1) is 25.1 Å². The number of hydrogen-bond donors (Lipinski definition) is 1. The summed E-state index contributed by atoms with van der Waals surface area (Å²) in [6.45, 7) is 5.45. The van der Waals surface area contributed by atoms with Crippen LogP contribution in [-0.4, -0.2) is 89.3 Å². The highest BCUT2D eigenvalue weighted by Crippen LogP contribution is 2.39. The number of ether oxygens (including phenoxy) is 3. The van der Waals surface area contributed by atoms with Crippen molar-refractivity contribution in [3.63, 3.8) is 0 Å². The number of halogens is 1. The highest BCUT2D eigenvalue weighted by Gasteiger charge is 2.45. The minimum absolute atomic E-state index is 0.0128. The summed E-state index contributed by atoms with van der Waals surface area (Å²) in [5.74, 6) is 0.387. The van der Waals surface area contributed by atoms with Crippen molar-refractivity contribution in [3.05, 3.63) is 23.3 Å². The van der Waals surface area contributed by atoms with Crippen molar-refractivity contribution in [3.8, 4) is 0 Å². The van der Waals surface area contributed by atoms with Gasteiger partial charge in [-0.2, -0.15) is 14.4 Å². The lowest BCUT2D eigenvalue weighted by Crippen LogP contribution is -2.58. The second-order valence-corrected chi connectivity index (χ2v) is 14.4. The minimum Gasteiger partial charge on any atom is -0.379 e. The van der Waals surface area contributed by atoms with Gasteiger partial charge in [0.1, 0.15) is 5.69 Å². The molecule has 238 valence electrons. The van der Waals surface area contributed by atoms with Crippen molar-refractivity contribution in [1.29, 1.82) is 0 Å². The maximum atomic E-state index is 15.9. The summed E-state index contributed by atoms with van der Waals surface area (Å²) in [6.07, 6.45) is 7.55. The quantitative estimate of drug-likeness (QED) is 0.416. The van der Waals surface area contributed by atoms with E-state index in [1.807, 2.05) is 29.6 Å². The molecule has 6 heterocycles. The number of aryl methyl sites for hydroxylation is 1. The topological polar surface area (TPSA) is 124 Å². The van der Waals surface area contributed by atoms with Crippen LogP contribution in [0, 0.1) is 12.7 Å². The normalized spacial score (nSPS) is 28.2. The molecule has 4 aliphatic heterocycles. The third-order valence-corrected chi connectivity index (χ3v) is 11.2. The highest BCUT2D eigenvalue weighted by atomic mass is 32.2. The summed E-state index contributed by atoms with van der Waals surface area (Å²) in [6, 6.07) is 1.77. The van der Waals surface area contributed by atoms with Gasteiger partial charge in [-0.05, 0) is 65.2 Å². The molecule has 6 rings (SSSR count). The Morgan fingerprint density at radius 2 is 1.91 bits per heavy atom. The number of sulfonamides is 1. The van der Waals surface area contributed by atoms with Gasteiger partial charge in [-0.15, -0.1) is 0 Å². The molecule has 0 spiro atoms.